The van der Waals surface area contributed by atoms with E-state index in [-0.39, 0.29) is 17.7 Å². The molecule has 1 amide bonds. The number of methoxy groups -OCH3 is 1. The Balaban J connectivity index is 1.33. The van der Waals surface area contributed by atoms with Crippen molar-refractivity contribution in [2.24, 2.45) is 5.92 Å². The fraction of sp³-hybridized carbons (Fsp3) is 0.483. The molecule has 5 rings (SSSR count). The Bertz CT molecular complexity index is 1100. The number of aliphatic hydroxyl groups is 1. The number of β-amino-alcohol motifs (C(OH)–C–C–N with tert-alkyl or cyclic N) is 1. The minimum Gasteiger partial charge on any atom is -0.508 e. The largest absolute Gasteiger partial charge is 0.508 e. The lowest BCUT2D eigenvalue weighted by Gasteiger charge is -2.58. The van der Waals surface area contributed by atoms with Gasteiger partial charge in [-0.15, -0.1) is 0 Å². The third-order valence-corrected chi connectivity index (χ3v) is 8.21. The number of carbonyl (C=O) groups is 1. The first-order chi connectivity index (χ1) is 16.9. The predicted molar refractivity (Wildman–Crippen MR) is 136 cm³/mol. The first-order valence-corrected chi connectivity index (χ1v) is 12.8. The standard InChI is InChI=1S/C29H36N2O4/c1-35-26-7-2-4-21(16-26)10-11-27(33)30-24-12-13-29(34)20-31(19-22-8-9-22)15-14-28(29,18-24)23-5-3-6-25(32)17-23/h2-7,10-11,16-17,22,24,32,34H,8-9,12-15,18-20H2,1H3,(H,30,33). The maximum absolute atomic E-state index is 12.8. The first-order valence-electron chi connectivity index (χ1n) is 12.8. The van der Waals surface area contributed by atoms with Gasteiger partial charge in [-0.05, 0) is 92.5 Å². The second-order valence-corrected chi connectivity index (χ2v) is 10.7. The van der Waals surface area contributed by atoms with E-state index in [4.69, 9.17) is 4.74 Å². The molecular weight excluding hydrogens is 440 g/mol. The van der Waals surface area contributed by atoms with E-state index in [1.807, 2.05) is 36.4 Å². The Kier molecular flexibility index (Phi) is 6.60. The molecule has 3 N–H and O–H groups in total. The van der Waals surface area contributed by atoms with Crippen molar-refractivity contribution in [3.63, 3.8) is 0 Å². The molecule has 2 aromatic carbocycles. The van der Waals surface area contributed by atoms with Crippen molar-refractivity contribution in [2.45, 2.75) is 55.6 Å². The Morgan fingerprint density at radius 2 is 2.00 bits per heavy atom. The molecule has 6 nitrogen and oxygen atoms in total. The minimum atomic E-state index is -0.883. The highest BCUT2D eigenvalue weighted by molar-refractivity contribution is 5.92. The molecule has 2 aliphatic carbocycles. The maximum atomic E-state index is 12.8. The molecule has 3 atom stereocenters. The van der Waals surface area contributed by atoms with Gasteiger partial charge in [0, 0.05) is 30.6 Å². The quantitative estimate of drug-likeness (QED) is 0.529. The van der Waals surface area contributed by atoms with Crippen molar-refractivity contribution in [1.29, 1.82) is 0 Å². The summed E-state index contributed by atoms with van der Waals surface area (Å²) in [5.74, 6) is 1.60. The summed E-state index contributed by atoms with van der Waals surface area (Å²) in [6.45, 7) is 2.63. The Labute approximate surface area is 207 Å². The Morgan fingerprint density at radius 3 is 2.77 bits per heavy atom. The summed E-state index contributed by atoms with van der Waals surface area (Å²) < 4.78 is 5.26. The minimum absolute atomic E-state index is 0.0462. The molecular formula is C29H36N2O4. The number of hydrogen-bond donors (Lipinski definition) is 3. The highest BCUT2D eigenvalue weighted by Crippen LogP contribution is 2.52. The zero-order chi connectivity index (χ0) is 24.5. The third kappa shape index (κ3) is 5.09. The van der Waals surface area contributed by atoms with Gasteiger partial charge >= 0.3 is 0 Å². The lowest BCUT2D eigenvalue weighted by Crippen LogP contribution is -2.67. The number of carbonyl (C=O) groups excluding carboxylic acids is 1. The van der Waals surface area contributed by atoms with Gasteiger partial charge < -0.3 is 25.2 Å². The van der Waals surface area contributed by atoms with Gasteiger partial charge in [0.05, 0.1) is 12.7 Å². The highest BCUT2D eigenvalue weighted by Gasteiger charge is 2.57. The molecule has 0 spiro atoms. The summed E-state index contributed by atoms with van der Waals surface area (Å²) in [5, 5.41) is 25.5. The van der Waals surface area contributed by atoms with Gasteiger partial charge in [0.15, 0.2) is 0 Å². The van der Waals surface area contributed by atoms with Crippen molar-refractivity contribution < 1.29 is 19.7 Å². The molecule has 0 aromatic heterocycles. The van der Waals surface area contributed by atoms with Crippen molar-refractivity contribution in [3.8, 4) is 11.5 Å². The zero-order valence-electron chi connectivity index (χ0n) is 20.5. The zero-order valence-corrected chi connectivity index (χ0v) is 20.5. The van der Waals surface area contributed by atoms with Crippen LogP contribution in [0.3, 0.4) is 0 Å². The normalized spacial score (nSPS) is 29.0. The first kappa shape index (κ1) is 23.9. The van der Waals surface area contributed by atoms with Crippen LogP contribution in [0.15, 0.2) is 54.6 Å². The van der Waals surface area contributed by atoms with E-state index in [1.54, 1.807) is 31.4 Å². The molecule has 3 aliphatic rings. The fourth-order valence-electron chi connectivity index (χ4n) is 6.17. The fourth-order valence-corrected chi connectivity index (χ4v) is 6.17. The number of hydrogen-bond acceptors (Lipinski definition) is 5. The Hall–Kier alpha value is -2.83. The number of benzene rings is 2. The lowest BCUT2D eigenvalue weighted by atomic mass is 9.55. The summed E-state index contributed by atoms with van der Waals surface area (Å²) in [5.41, 5.74) is 0.484. The van der Waals surface area contributed by atoms with Crippen LogP contribution in [0, 0.1) is 5.92 Å². The number of fused-ring (bicyclic) bond motifs is 1. The number of rotatable bonds is 7. The van der Waals surface area contributed by atoms with Crippen molar-refractivity contribution in [3.05, 3.63) is 65.7 Å². The second-order valence-electron chi connectivity index (χ2n) is 10.7. The average Bonchev–Trinajstić information content (AvgIpc) is 3.67. The van der Waals surface area contributed by atoms with Gasteiger partial charge in [-0.3, -0.25) is 4.79 Å². The summed E-state index contributed by atoms with van der Waals surface area (Å²) in [6, 6.07) is 14.9. The number of nitrogens with zero attached hydrogens (tertiary/aromatic N) is 1. The SMILES string of the molecule is COc1cccc(C=CC(=O)NC2CCC3(O)CN(CC4CC4)CCC3(c3cccc(O)c3)C2)c1. The van der Waals surface area contributed by atoms with E-state index in [0.717, 1.165) is 48.7 Å². The van der Waals surface area contributed by atoms with Gasteiger partial charge in [-0.1, -0.05) is 24.3 Å². The van der Waals surface area contributed by atoms with Gasteiger partial charge in [0.1, 0.15) is 11.5 Å². The maximum Gasteiger partial charge on any atom is 0.244 e. The summed E-state index contributed by atoms with van der Waals surface area (Å²) in [7, 11) is 1.62. The smallest absolute Gasteiger partial charge is 0.244 e. The van der Waals surface area contributed by atoms with Gasteiger partial charge in [-0.2, -0.15) is 0 Å². The molecule has 2 aromatic rings. The van der Waals surface area contributed by atoms with Crippen LogP contribution in [0.5, 0.6) is 11.5 Å². The van der Waals surface area contributed by atoms with Crippen LogP contribution in [-0.4, -0.2) is 59.4 Å². The predicted octanol–water partition coefficient (Wildman–Crippen LogP) is 3.87. The molecule has 3 unspecified atom stereocenters. The number of aromatic hydroxyl groups is 1. The molecule has 1 heterocycles. The van der Waals surface area contributed by atoms with Crippen LogP contribution in [0.4, 0.5) is 0 Å². The molecule has 6 heteroatoms. The second kappa shape index (κ2) is 9.67. The number of ether oxygens (including phenoxy) is 1. The van der Waals surface area contributed by atoms with E-state index >= 15 is 0 Å². The average molecular weight is 477 g/mol. The van der Waals surface area contributed by atoms with Crippen molar-refractivity contribution in [1.82, 2.24) is 10.2 Å². The van der Waals surface area contributed by atoms with Gasteiger partial charge in [0.2, 0.25) is 5.91 Å². The van der Waals surface area contributed by atoms with E-state index < -0.39 is 11.0 Å². The summed E-state index contributed by atoms with van der Waals surface area (Å²) >= 11 is 0. The molecule has 1 saturated heterocycles. The van der Waals surface area contributed by atoms with Crippen molar-refractivity contribution in [2.75, 3.05) is 26.7 Å². The summed E-state index contributed by atoms with van der Waals surface area (Å²) in [6.07, 6.45) is 8.76. The van der Waals surface area contributed by atoms with E-state index in [0.29, 0.717) is 19.4 Å². The molecule has 186 valence electrons. The van der Waals surface area contributed by atoms with Gasteiger partial charge in [0.25, 0.3) is 0 Å². The van der Waals surface area contributed by atoms with Crippen LogP contribution in [-0.2, 0) is 10.2 Å². The van der Waals surface area contributed by atoms with Crippen LogP contribution in [0.2, 0.25) is 0 Å². The Morgan fingerprint density at radius 1 is 1.17 bits per heavy atom. The van der Waals surface area contributed by atoms with E-state index in [2.05, 4.69) is 10.2 Å². The number of piperidine rings is 1. The van der Waals surface area contributed by atoms with Crippen molar-refractivity contribution >= 4 is 12.0 Å². The number of likely N-dealkylation sites (tertiary alicyclic amines) is 1. The number of nitrogens with one attached hydrogen (secondary N) is 1. The van der Waals surface area contributed by atoms with Crippen LogP contribution in [0.1, 0.15) is 49.7 Å². The lowest BCUT2D eigenvalue weighted by molar-refractivity contribution is -0.132. The third-order valence-electron chi connectivity index (χ3n) is 8.21. The topological polar surface area (TPSA) is 82.0 Å². The molecule has 0 bridgehead atoms. The van der Waals surface area contributed by atoms with Gasteiger partial charge in [-0.25, -0.2) is 0 Å². The molecule has 0 radical (unpaired) electrons. The molecule has 1 aliphatic heterocycles. The van der Waals surface area contributed by atoms with E-state index in [1.165, 1.54) is 12.8 Å². The monoisotopic (exact) mass is 476 g/mol. The van der Waals surface area contributed by atoms with E-state index in [9.17, 15) is 15.0 Å². The van der Waals surface area contributed by atoms with Crippen LogP contribution < -0.4 is 10.1 Å². The highest BCUT2D eigenvalue weighted by atomic mass is 16.5. The molecule has 2 saturated carbocycles. The number of amides is 1. The molecule has 35 heavy (non-hydrogen) atoms. The molecule has 3 fully saturated rings. The van der Waals surface area contributed by atoms with Crippen LogP contribution >= 0.6 is 0 Å². The summed E-state index contributed by atoms with van der Waals surface area (Å²) in [4.78, 5) is 15.2. The number of phenolic OH excluding ortho intramolecular Hbond substituents is 1. The van der Waals surface area contributed by atoms with Crippen LogP contribution in [0.25, 0.3) is 6.08 Å². The number of phenols is 1.